The number of sulfonamides is 1. The zero-order chi connectivity index (χ0) is 20.0. The summed E-state index contributed by atoms with van der Waals surface area (Å²) in [5.74, 6) is -0.256. The lowest BCUT2D eigenvalue weighted by Crippen LogP contribution is -2.52. The minimum Gasteiger partial charge on any atom is -0.346 e. The van der Waals surface area contributed by atoms with Crippen molar-refractivity contribution in [1.82, 2.24) is 14.5 Å². The lowest BCUT2D eigenvalue weighted by molar-refractivity contribution is -0.133. The van der Waals surface area contributed by atoms with Crippen LogP contribution in [0, 0.1) is 0 Å². The van der Waals surface area contributed by atoms with Crippen LogP contribution in [0.15, 0.2) is 29.2 Å². The molecule has 1 atom stereocenters. The third-order valence-corrected chi connectivity index (χ3v) is 6.83. The van der Waals surface area contributed by atoms with Crippen LogP contribution in [0.3, 0.4) is 0 Å². The molecule has 0 spiro atoms. The Kier molecular flexibility index (Phi) is 9.35. The molecule has 1 heterocycles. The van der Waals surface area contributed by atoms with Crippen molar-refractivity contribution in [1.29, 1.82) is 0 Å². The molecular weight excluding hydrogens is 404 g/mol. The van der Waals surface area contributed by atoms with E-state index < -0.39 is 15.9 Å². The molecule has 1 aliphatic heterocycles. The van der Waals surface area contributed by atoms with Crippen molar-refractivity contribution in [2.75, 3.05) is 39.3 Å². The summed E-state index contributed by atoms with van der Waals surface area (Å²) in [4.78, 5) is 25.0. The van der Waals surface area contributed by atoms with Crippen LogP contribution in [0.5, 0.6) is 0 Å². The Bertz CT molecular complexity index is 762. The number of benzene rings is 1. The molecule has 28 heavy (non-hydrogen) atoms. The van der Waals surface area contributed by atoms with Gasteiger partial charge in [-0.1, -0.05) is 26.0 Å². The van der Waals surface area contributed by atoms with E-state index in [1.807, 2.05) is 12.1 Å². The summed E-state index contributed by atoms with van der Waals surface area (Å²) in [5.41, 5.74) is 6.30. The van der Waals surface area contributed by atoms with Gasteiger partial charge in [-0.15, -0.1) is 12.4 Å². The molecule has 1 saturated heterocycles. The molecule has 0 bridgehead atoms. The molecule has 2 rings (SSSR count). The Morgan fingerprint density at radius 2 is 1.71 bits per heavy atom. The maximum absolute atomic E-state index is 12.8. The molecule has 3 N–H and O–H groups in total. The van der Waals surface area contributed by atoms with E-state index in [2.05, 4.69) is 19.2 Å². The number of piperazine rings is 1. The average molecular weight is 433 g/mol. The number of carbonyl (C=O) groups excluding carboxylic acids is 2. The quantitative estimate of drug-likeness (QED) is 0.652. The third-order valence-electron chi connectivity index (χ3n) is 4.91. The first-order valence-electron chi connectivity index (χ1n) is 9.14. The SMILES string of the molecule is CCC(C)c1ccc(S(=O)(=O)N2CCN(C(=O)CNC(=O)CN)CC2)cc1.Cl. The molecule has 1 aromatic rings. The summed E-state index contributed by atoms with van der Waals surface area (Å²) in [7, 11) is -3.58. The van der Waals surface area contributed by atoms with Crippen molar-refractivity contribution >= 4 is 34.2 Å². The van der Waals surface area contributed by atoms with Gasteiger partial charge in [0.05, 0.1) is 18.0 Å². The minimum atomic E-state index is -3.58. The van der Waals surface area contributed by atoms with E-state index in [4.69, 9.17) is 5.73 Å². The number of carbonyl (C=O) groups is 2. The lowest BCUT2D eigenvalue weighted by atomic mass is 9.99. The number of rotatable bonds is 7. The smallest absolute Gasteiger partial charge is 0.243 e. The van der Waals surface area contributed by atoms with E-state index in [9.17, 15) is 18.0 Å². The second kappa shape index (κ2) is 10.8. The second-order valence-electron chi connectivity index (χ2n) is 6.64. The standard InChI is InChI=1S/C18H28N4O4S.ClH/c1-3-14(2)15-4-6-16(7-5-15)27(25,26)22-10-8-21(9-11-22)18(24)13-20-17(23)12-19;/h4-7,14H,3,8-13,19H2,1-2H3,(H,20,23);1H. The van der Waals surface area contributed by atoms with Crippen LogP contribution < -0.4 is 11.1 Å². The Hall–Kier alpha value is -1.68. The zero-order valence-electron chi connectivity index (χ0n) is 16.3. The number of halogens is 1. The van der Waals surface area contributed by atoms with Gasteiger partial charge in [0.15, 0.2) is 0 Å². The number of amides is 2. The summed E-state index contributed by atoms with van der Waals surface area (Å²) in [6.45, 7) is 4.95. The van der Waals surface area contributed by atoms with Gasteiger partial charge in [0.1, 0.15) is 0 Å². The molecule has 1 fully saturated rings. The summed E-state index contributed by atoms with van der Waals surface area (Å²) in [6, 6.07) is 7.02. The molecule has 8 nitrogen and oxygen atoms in total. The molecule has 10 heteroatoms. The Morgan fingerprint density at radius 3 is 2.21 bits per heavy atom. The van der Waals surface area contributed by atoms with Crippen molar-refractivity contribution in [3.63, 3.8) is 0 Å². The largest absolute Gasteiger partial charge is 0.346 e. The van der Waals surface area contributed by atoms with Gasteiger partial charge in [0, 0.05) is 26.2 Å². The highest BCUT2D eigenvalue weighted by Crippen LogP contribution is 2.23. The maximum atomic E-state index is 12.8. The van der Waals surface area contributed by atoms with Crippen LogP contribution >= 0.6 is 12.4 Å². The highest BCUT2D eigenvalue weighted by molar-refractivity contribution is 7.89. The van der Waals surface area contributed by atoms with Crippen molar-refractivity contribution < 1.29 is 18.0 Å². The molecule has 1 aromatic carbocycles. The van der Waals surface area contributed by atoms with Crippen molar-refractivity contribution in [2.24, 2.45) is 5.73 Å². The predicted molar refractivity (Wildman–Crippen MR) is 110 cm³/mol. The second-order valence-corrected chi connectivity index (χ2v) is 8.58. The molecule has 2 amide bonds. The molecule has 0 radical (unpaired) electrons. The molecule has 1 unspecified atom stereocenters. The summed E-state index contributed by atoms with van der Waals surface area (Å²) in [5, 5.41) is 2.43. The van der Waals surface area contributed by atoms with E-state index in [0.717, 1.165) is 12.0 Å². The summed E-state index contributed by atoms with van der Waals surface area (Å²) < 4.78 is 27.0. The van der Waals surface area contributed by atoms with E-state index in [1.165, 1.54) is 4.31 Å². The minimum absolute atomic E-state index is 0. The third kappa shape index (κ3) is 5.91. The highest BCUT2D eigenvalue weighted by atomic mass is 35.5. The van der Waals surface area contributed by atoms with Crippen LogP contribution in [-0.4, -0.2) is 68.7 Å². The average Bonchev–Trinajstić information content (AvgIpc) is 2.71. The lowest BCUT2D eigenvalue weighted by Gasteiger charge is -2.34. The molecule has 0 saturated carbocycles. The maximum Gasteiger partial charge on any atom is 0.243 e. The fraction of sp³-hybridized carbons (Fsp3) is 0.556. The van der Waals surface area contributed by atoms with Crippen LogP contribution in [0.1, 0.15) is 31.7 Å². The normalized spacial score (nSPS) is 16.2. The fourth-order valence-corrected chi connectivity index (χ4v) is 4.31. The van der Waals surface area contributed by atoms with E-state index >= 15 is 0 Å². The predicted octanol–water partition coefficient (Wildman–Crippen LogP) is 0.530. The molecule has 1 aliphatic rings. The Labute approximate surface area is 172 Å². The number of hydrogen-bond acceptors (Lipinski definition) is 5. The van der Waals surface area contributed by atoms with Gasteiger partial charge in [-0.25, -0.2) is 8.42 Å². The molecule has 158 valence electrons. The summed E-state index contributed by atoms with van der Waals surface area (Å²) in [6.07, 6.45) is 0.994. The van der Waals surface area contributed by atoms with Gasteiger partial charge < -0.3 is 16.0 Å². The van der Waals surface area contributed by atoms with Crippen LogP contribution in [0.4, 0.5) is 0 Å². The van der Waals surface area contributed by atoms with Crippen LogP contribution in [0.25, 0.3) is 0 Å². The van der Waals surface area contributed by atoms with Gasteiger partial charge in [-0.3, -0.25) is 9.59 Å². The number of nitrogens with two attached hydrogens (primary N) is 1. The first kappa shape index (κ1) is 24.4. The van der Waals surface area contributed by atoms with E-state index in [-0.39, 0.29) is 49.4 Å². The number of nitrogens with one attached hydrogen (secondary N) is 1. The van der Waals surface area contributed by atoms with Crippen LogP contribution in [-0.2, 0) is 19.6 Å². The zero-order valence-corrected chi connectivity index (χ0v) is 17.9. The van der Waals surface area contributed by atoms with Gasteiger partial charge in [0.2, 0.25) is 21.8 Å². The molecular formula is C18H29ClN4O4S. The van der Waals surface area contributed by atoms with Gasteiger partial charge >= 0.3 is 0 Å². The highest BCUT2D eigenvalue weighted by Gasteiger charge is 2.30. The van der Waals surface area contributed by atoms with Gasteiger partial charge in [0.25, 0.3) is 0 Å². The van der Waals surface area contributed by atoms with Gasteiger partial charge in [-0.05, 0) is 30.0 Å². The van der Waals surface area contributed by atoms with Crippen LogP contribution in [0.2, 0.25) is 0 Å². The van der Waals surface area contributed by atoms with Crippen molar-refractivity contribution in [2.45, 2.75) is 31.1 Å². The van der Waals surface area contributed by atoms with Crippen molar-refractivity contribution in [3.05, 3.63) is 29.8 Å². The van der Waals surface area contributed by atoms with E-state index in [0.29, 0.717) is 19.0 Å². The van der Waals surface area contributed by atoms with Crippen molar-refractivity contribution in [3.8, 4) is 0 Å². The molecule has 0 aromatic heterocycles. The fourth-order valence-electron chi connectivity index (χ4n) is 2.89. The topological polar surface area (TPSA) is 113 Å². The van der Waals surface area contributed by atoms with E-state index in [1.54, 1.807) is 17.0 Å². The van der Waals surface area contributed by atoms with Gasteiger partial charge in [-0.2, -0.15) is 4.31 Å². The Morgan fingerprint density at radius 1 is 1.14 bits per heavy atom. The Balaban J connectivity index is 0.00000392. The first-order chi connectivity index (χ1) is 12.8. The number of hydrogen-bond donors (Lipinski definition) is 2. The first-order valence-corrected chi connectivity index (χ1v) is 10.6. The number of nitrogens with zero attached hydrogens (tertiary/aromatic N) is 2. The summed E-state index contributed by atoms with van der Waals surface area (Å²) >= 11 is 0. The monoisotopic (exact) mass is 432 g/mol. The molecule has 0 aliphatic carbocycles.